The molecule has 0 atom stereocenters. The molecule has 0 radical (unpaired) electrons. The van der Waals surface area contributed by atoms with E-state index in [0.29, 0.717) is 5.82 Å². The number of fused-ring (bicyclic) bond motifs is 4. The van der Waals surface area contributed by atoms with Crippen molar-refractivity contribution in [1.29, 1.82) is 0 Å². The van der Waals surface area contributed by atoms with Crippen LogP contribution < -0.4 is 0 Å². The normalized spacial score (nSPS) is 11.9. The summed E-state index contributed by atoms with van der Waals surface area (Å²) in [5.74, 6) is 0.714. The van der Waals surface area contributed by atoms with Crippen molar-refractivity contribution in [3.63, 3.8) is 0 Å². The van der Waals surface area contributed by atoms with Crippen molar-refractivity contribution < 1.29 is 4.42 Å². The number of hydrogen-bond donors (Lipinski definition) is 0. The molecule has 190 valence electrons. The number of furan rings is 1. The molecule has 0 spiro atoms. The first-order valence-corrected chi connectivity index (χ1v) is 13.8. The molecule has 9 rings (SSSR count). The van der Waals surface area contributed by atoms with E-state index in [1.54, 1.807) is 0 Å². The second-order valence-corrected chi connectivity index (χ2v) is 10.5. The standard InChI is InChI=1S/C38H22N2O/c1-2-9-23(10-3-1)24-17-19-25(20-18-24)37-29-13-6-7-15-31(29)39-38(40-37)30-21-22-33-36-34(30)27-12-5-4-11-26(27)28-14-8-16-32(41-33)35(28)36/h1-22H. The Kier molecular flexibility index (Phi) is 4.61. The first-order valence-electron chi connectivity index (χ1n) is 13.8. The largest absolute Gasteiger partial charge is 0.456 e. The van der Waals surface area contributed by atoms with Gasteiger partial charge in [-0.1, -0.05) is 109 Å². The lowest BCUT2D eigenvalue weighted by Crippen LogP contribution is -1.96. The molecular formula is C38H22N2O. The van der Waals surface area contributed by atoms with Gasteiger partial charge in [-0.3, -0.25) is 0 Å². The molecule has 3 heteroatoms. The van der Waals surface area contributed by atoms with E-state index in [2.05, 4.69) is 121 Å². The van der Waals surface area contributed by atoms with Gasteiger partial charge in [0.2, 0.25) is 0 Å². The van der Waals surface area contributed by atoms with Crippen LogP contribution in [-0.2, 0) is 0 Å². The molecule has 0 bridgehead atoms. The van der Waals surface area contributed by atoms with Gasteiger partial charge in [-0.05, 0) is 51.6 Å². The van der Waals surface area contributed by atoms with E-state index in [4.69, 9.17) is 14.4 Å². The Morgan fingerprint density at radius 2 is 1.02 bits per heavy atom. The maximum atomic E-state index is 6.35. The van der Waals surface area contributed by atoms with Crippen molar-refractivity contribution in [1.82, 2.24) is 9.97 Å². The number of benzene rings is 7. The van der Waals surface area contributed by atoms with Gasteiger partial charge in [-0.25, -0.2) is 9.97 Å². The van der Waals surface area contributed by atoms with Crippen LogP contribution in [-0.4, -0.2) is 9.97 Å². The maximum absolute atomic E-state index is 6.35. The van der Waals surface area contributed by atoms with Gasteiger partial charge in [0.05, 0.1) is 11.2 Å². The fraction of sp³-hybridized carbons (Fsp3) is 0. The van der Waals surface area contributed by atoms with Crippen LogP contribution in [0.2, 0.25) is 0 Å². The lowest BCUT2D eigenvalue weighted by Gasteiger charge is -2.14. The fourth-order valence-corrected chi connectivity index (χ4v) is 6.40. The zero-order valence-corrected chi connectivity index (χ0v) is 22.0. The van der Waals surface area contributed by atoms with Crippen molar-refractivity contribution in [2.45, 2.75) is 0 Å². The van der Waals surface area contributed by atoms with Crippen molar-refractivity contribution in [3.8, 4) is 33.8 Å². The third-order valence-electron chi connectivity index (χ3n) is 8.26. The van der Waals surface area contributed by atoms with E-state index in [0.717, 1.165) is 55.0 Å². The summed E-state index contributed by atoms with van der Waals surface area (Å²) in [6.45, 7) is 0. The summed E-state index contributed by atoms with van der Waals surface area (Å²) >= 11 is 0. The highest BCUT2D eigenvalue weighted by Crippen LogP contribution is 2.45. The summed E-state index contributed by atoms with van der Waals surface area (Å²) in [5.41, 5.74) is 8.10. The van der Waals surface area contributed by atoms with Crippen LogP contribution in [0, 0.1) is 0 Å². The van der Waals surface area contributed by atoms with Gasteiger partial charge in [-0.15, -0.1) is 0 Å². The van der Waals surface area contributed by atoms with Gasteiger partial charge in [0.25, 0.3) is 0 Å². The molecule has 0 aliphatic carbocycles. The van der Waals surface area contributed by atoms with Gasteiger partial charge < -0.3 is 4.42 Å². The summed E-state index contributed by atoms with van der Waals surface area (Å²) < 4.78 is 6.35. The Balaban J connectivity index is 1.33. The lowest BCUT2D eigenvalue weighted by atomic mass is 9.91. The van der Waals surface area contributed by atoms with Crippen molar-refractivity contribution in [3.05, 3.63) is 133 Å². The molecule has 0 N–H and O–H groups in total. The molecular weight excluding hydrogens is 500 g/mol. The van der Waals surface area contributed by atoms with E-state index in [9.17, 15) is 0 Å². The third kappa shape index (κ3) is 3.26. The first-order chi connectivity index (χ1) is 20.3. The zero-order valence-electron chi connectivity index (χ0n) is 22.0. The SMILES string of the molecule is c1ccc(-c2ccc(-c3nc(-c4ccc5oc6cccc7c8ccccc8c4c5c67)nc4ccccc34)cc2)cc1. The fourth-order valence-electron chi connectivity index (χ4n) is 6.40. The van der Waals surface area contributed by atoms with Gasteiger partial charge in [0.1, 0.15) is 11.2 Å². The molecule has 0 aliphatic heterocycles. The van der Waals surface area contributed by atoms with Crippen LogP contribution >= 0.6 is 0 Å². The Morgan fingerprint density at radius 1 is 0.390 bits per heavy atom. The summed E-state index contributed by atoms with van der Waals surface area (Å²) in [6.07, 6.45) is 0. The lowest BCUT2D eigenvalue weighted by molar-refractivity contribution is 0.669. The van der Waals surface area contributed by atoms with Crippen LogP contribution in [0.1, 0.15) is 0 Å². The Labute approximate surface area is 235 Å². The first kappa shape index (κ1) is 22.3. The molecule has 9 aromatic rings. The van der Waals surface area contributed by atoms with Crippen LogP contribution in [0.3, 0.4) is 0 Å². The minimum Gasteiger partial charge on any atom is -0.456 e. The molecule has 0 saturated heterocycles. The molecule has 2 aromatic heterocycles. The Morgan fingerprint density at radius 3 is 1.88 bits per heavy atom. The molecule has 0 aliphatic rings. The molecule has 0 unspecified atom stereocenters. The average Bonchev–Trinajstić information content (AvgIpc) is 3.43. The molecule has 0 fully saturated rings. The highest BCUT2D eigenvalue weighted by Gasteiger charge is 2.21. The maximum Gasteiger partial charge on any atom is 0.161 e. The second-order valence-electron chi connectivity index (χ2n) is 10.5. The molecule has 41 heavy (non-hydrogen) atoms. The van der Waals surface area contributed by atoms with Crippen LogP contribution in [0.15, 0.2) is 138 Å². The van der Waals surface area contributed by atoms with Gasteiger partial charge in [0.15, 0.2) is 5.82 Å². The van der Waals surface area contributed by atoms with Crippen molar-refractivity contribution >= 4 is 54.4 Å². The smallest absolute Gasteiger partial charge is 0.161 e. The minimum atomic E-state index is 0.714. The van der Waals surface area contributed by atoms with Gasteiger partial charge in [0, 0.05) is 32.7 Å². The number of para-hydroxylation sites is 1. The quantitative estimate of drug-likeness (QED) is 0.217. The summed E-state index contributed by atoms with van der Waals surface area (Å²) in [6, 6.07) is 46.5. The number of nitrogens with zero attached hydrogens (tertiary/aromatic N) is 2. The summed E-state index contributed by atoms with van der Waals surface area (Å²) in [4.78, 5) is 10.4. The van der Waals surface area contributed by atoms with E-state index in [-0.39, 0.29) is 0 Å². The highest BCUT2D eigenvalue weighted by molar-refractivity contribution is 6.35. The number of aromatic nitrogens is 2. The number of hydrogen-bond acceptors (Lipinski definition) is 3. The van der Waals surface area contributed by atoms with Crippen molar-refractivity contribution in [2.75, 3.05) is 0 Å². The summed E-state index contributed by atoms with van der Waals surface area (Å²) in [7, 11) is 0. The van der Waals surface area contributed by atoms with E-state index in [1.807, 2.05) is 12.1 Å². The second kappa shape index (κ2) is 8.48. The Hall–Kier alpha value is -5.54. The Bertz CT molecular complexity index is 2400. The predicted octanol–water partition coefficient (Wildman–Crippen LogP) is 10.3. The monoisotopic (exact) mass is 522 g/mol. The minimum absolute atomic E-state index is 0.714. The van der Waals surface area contributed by atoms with E-state index >= 15 is 0 Å². The van der Waals surface area contributed by atoms with Crippen molar-refractivity contribution in [2.24, 2.45) is 0 Å². The zero-order chi connectivity index (χ0) is 26.9. The van der Waals surface area contributed by atoms with Crippen LogP contribution in [0.25, 0.3) is 88.2 Å². The predicted molar refractivity (Wildman–Crippen MR) is 169 cm³/mol. The van der Waals surface area contributed by atoms with Gasteiger partial charge >= 0.3 is 0 Å². The van der Waals surface area contributed by atoms with Gasteiger partial charge in [-0.2, -0.15) is 0 Å². The number of rotatable bonds is 3. The molecule has 0 amide bonds. The molecule has 7 aromatic carbocycles. The molecule has 0 saturated carbocycles. The average molecular weight is 523 g/mol. The van der Waals surface area contributed by atoms with Crippen LogP contribution in [0.4, 0.5) is 0 Å². The van der Waals surface area contributed by atoms with E-state index in [1.165, 1.54) is 27.3 Å². The third-order valence-corrected chi connectivity index (χ3v) is 8.26. The summed E-state index contributed by atoms with van der Waals surface area (Å²) in [5, 5.41) is 8.07. The van der Waals surface area contributed by atoms with E-state index < -0.39 is 0 Å². The molecule has 2 heterocycles. The highest BCUT2D eigenvalue weighted by atomic mass is 16.3. The molecule has 3 nitrogen and oxygen atoms in total. The van der Waals surface area contributed by atoms with Crippen LogP contribution in [0.5, 0.6) is 0 Å². The topological polar surface area (TPSA) is 38.9 Å².